The van der Waals surface area contributed by atoms with Crippen molar-refractivity contribution in [3.8, 4) is 0 Å². The molecule has 19 heavy (non-hydrogen) atoms. The molecule has 4 rings (SSSR count). The second-order valence-electron chi connectivity index (χ2n) is 5.57. The highest BCUT2D eigenvalue weighted by Gasteiger charge is 2.57. The van der Waals surface area contributed by atoms with E-state index in [0.717, 1.165) is 24.1 Å². The predicted molar refractivity (Wildman–Crippen MR) is 70.7 cm³/mol. The third kappa shape index (κ3) is 1.52. The molecule has 1 aromatic heterocycles. The lowest BCUT2D eigenvalue weighted by atomic mass is 10.0. The smallest absolute Gasteiger partial charge is 0.267 e. The molecule has 3 unspecified atom stereocenters. The van der Waals surface area contributed by atoms with Gasteiger partial charge in [0.15, 0.2) is 0 Å². The highest BCUT2D eigenvalue weighted by molar-refractivity contribution is 5.93. The number of carbonyl (C=O) groups excluding carboxylic acids is 1. The molecular formula is C15H15N3O. The molecule has 0 spiro atoms. The summed E-state index contributed by atoms with van der Waals surface area (Å²) < 4.78 is 0. The molecule has 1 saturated carbocycles. The molecule has 4 heteroatoms. The molecule has 0 bridgehead atoms. The highest BCUT2D eigenvalue weighted by atomic mass is 16.1. The van der Waals surface area contributed by atoms with Crippen molar-refractivity contribution in [2.75, 3.05) is 0 Å². The van der Waals surface area contributed by atoms with Crippen molar-refractivity contribution in [3.63, 3.8) is 0 Å². The van der Waals surface area contributed by atoms with Crippen LogP contribution < -0.4 is 5.73 Å². The number of primary amides is 1. The van der Waals surface area contributed by atoms with Crippen molar-refractivity contribution in [3.05, 3.63) is 52.8 Å². The Morgan fingerprint density at radius 2 is 2.16 bits per heavy atom. The number of rotatable bonds is 3. The predicted octanol–water partition coefficient (Wildman–Crippen LogP) is 1.64. The van der Waals surface area contributed by atoms with Crippen LogP contribution in [-0.2, 0) is 12.8 Å². The fourth-order valence-corrected chi connectivity index (χ4v) is 3.59. The minimum atomic E-state index is -0.394. The van der Waals surface area contributed by atoms with Crippen LogP contribution in [0.5, 0.6) is 0 Å². The Labute approximate surface area is 111 Å². The zero-order valence-corrected chi connectivity index (χ0v) is 10.5. The van der Waals surface area contributed by atoms with Gasteiger partial charge < -0.3 is 5.73 Å². The Bertz CT molecular complexity index is 647. The number of amides is 1. The van der Waals surface area contributed by atoms with Crippen LogP contribution in [0.1, 0.15) is 33.2 Å². The Morgan fingerprint density at radius 1 is 1.37 bits per heavy atom. The first-order valence-corrected chi connectivity index (χ1v) is 6.66. The summed E-state index contributed by atoms with van der Waals surface area (Å²) in [6, 6.07) is 10.6. The first-order chi connectivity index (χ1) is 9.25. The molecule has 0 saturated heterocycles. The standard InChI is InChI=1S/C15H15N3O/c16-15(19)14-11-7-10-9(12(10)13(11)17-18-14)6-8-4-2-1-3-5-8/h1-5,9-10,12H,6-7H2,(H2,16,19)(H,17,18). The fourth-order valence-electron chi connectivity index (χ4n) is 3.59. The molecular weight excluding hydrogens is 238 g/mol. The van der Waals surface area contributed by atoms with Gasteiger partial charge in [-0.3, -0.25) is 9.89 Å². The van der Waals surface area contributed by atoms with E-state index in [0.29, 0.717) is 23.4 Å². The van der Waals surface area contributed by atoms with Crippen molar-refractivity contribution >= 4 is 5.91 Å². The van der Waals surface area contributed by atoms with Crippen LogP contribution >= 0.6 is 0 Å². The molecule has 2 aliphatic carbocycles. The van der Waals surface area contributed by atoms with Crippen LogP contribution in [0.3, 0.4) is 0 Å². The van der Waals surface area contributed by atoms with Gasteiger partial charge in [-0.05, 0) is 30.2 Å². The number of aromatic amines is 1. The van der Waals surface area contributed by atoms with E-state index in [4.69, 9.17) is 5.73 Å². The van der Waals surface area contributed by atoms with E-state index >= 15 is 0 Å². The Morgan fingerprint density at radius 3 is 2.89 bits per heavy atom. The molecule has 0 aliphatic heterocycles. The SMILES string of the molecule is NC(=O)c1[nH]nc2c1CC1C(Cc3ccccc3)C21. The number of nitrogens with zero attached hydrogens (tertiary/aromatic N) is 1. The third-order valence-corrected chi connectivity index (χ3v) is 4.55. The van der Waals surface area contributed by atoms with E-state index in [2.05, 4.69) is 34.5 Å². The molecule has 1 fully saturated rings. The molecule has 96 valence electrons. The van der Waals surface area contributed by atoms with Gasteiger partial charge in [-0.15, -0.1) is 0 Å². The van der Waals surface area contributed by atoms with E-state index in [1.54, 1.807) is 0 Å². The second-order valence-corrected chi connectivity index (χ2v) is 5.57. The number of hydrogen-bond donors (Lipinski definition) is 2. The van der Waals surface area contributed by atoms with Crippen molar-refractivity contribution in [2.24, 2.45) is 17.6 Å². The Balaban J connectivity index is 1.56. The van der Waals surface area contributed by atoms with Crippen LogP contribution in [0, 0.1) is 11.8 Å². The summed E-state index contributed by atoms with van der Waals surface area (Å²) in [4.78, 5) is 11.3. The lowest BCUT2D eigenvalue weighted by molar-refractivity contribution is 0.0994. The number of nitrogens with one attached hydrogen (secondary N) is 1. The summed E-state index contributed by atoms with van der Waals surface area (Å²) >= 11 is 0. The third-order valence-electron chi connectivity index (χ3n) is 4.55. The maximum absolute atomic E-state index is 11.3. The van der Waals surface area contributed by atoms with Gasteiger partial charge >= 0.3 is 0 Å². The van der Waals surface area contributed by atoms with Gasteiger partial charge in [0.2, 0.25) is 0 Å². The molecule has 1 aromatic carbocycles. The monoisotopic (exact) mass is 253 g/mol. The second kappa shape index (κ2) is 3.70. The van der Waals surface area contributed by atoms with Gasteiger partial charge in [0.05, 0.1) is 5.69 Å². The number of nitrogens with two attached hydrogens (primary N) is 1. The normalized spacial score (nSPS) is 26.8. The zero-order valence-electron chi connectivity index (χ0n) is 10.5. The lowest BCUT2D eigenvalue weighted by Gasteiger charge is -2.04. The summed E-state index contributed by atoms with van der Waals surface area (Å²) in [5, 5.41) is 7.10. The van der Waals surface area contributed by atoms with Crippen molar-refractivity contribution in [2.45, 2.75) is 18.8 Å². The number of fused-ring (bicyclic) bond motifs is 3. The number of hydrogen-bond acceptors (Lipinski definition) is 2. The summed E-state index contributed by atoms with van der Waals surface area (Å²) in [5.41, 5.74) is 9.38. The average molecular weight is 253 g/mol. The van der Waals surface area contributed by atoms with Crippen molar-refractivity contribution in [1.82, 2.24) is 10.2 Å². The van der Waals surface area contributed by atoms with Gasteiger partial charge in [0, 0.05) is 11.5 Å². The average Bonchev–Trinajstić information content (AvgIpc) is 2.75. The maximum atomic E-state index is 11.3. The van der Waals surface area contributed by atoms with Crippen LogP contribution in [0.2, 0.25) is 0 Å². The fraction of sp³-hybridized carbons (Fsp3) is 0.333. The van der Waals surface area contributed by atoms with Crippen LogP contribution in [0.4, 0.5) is 0 Å². The summed E-state index contributed by atoms with van der Waals surface area (Å²) in [7, 11) is 0. The molecule has 4 nitrogen and oxygen atoms in total. The summed E-state index contributed by atoms with van der Waals surface area (Å²) in [6.45, 7) is 0. The molecule has 0 radical (unpaired) electrons. The largest absolute Gasteiger partial charge is 0.364 e. The van der Waals surface area contributed by atoms with Gasteiger partial charge in [0.25, 0.3) is 5.91 Å². The topological polar surface area (TPSA) is 71.8 Å². The van der Waals surface area contributed by atoms with E-state index in [-0.39, 0.29) is 0 Å². The molecule has 2 aromatic rings. The number of aromatic nitrogens is 2. The maximum Gasteiger partial charge on any atom is 0.267 e. The van der Waals surface area contributed by atoms with E-state index < -0.39 is 5.91 Å². The minimum absolute atomic E-state index is 0.394. The summed E-state index contributed by atoms with van der Waals surface area (Å²) in [6.07, 6.45) is 2.06. The number of benzene rings is 1. The first-order valence-electron chi connectivity index (χ1n) is 6.66. The Kier molecular flexibility index (Phi) is 2.10. The van der Waals surface area contributed by atoms with E-state index in [1.807, 2.05) is 6.07 Å². The Hall–Kier alpha value is -2.10. The van der Waals surface area contributed by atoms with Crippen molar-refractivity contribution < 1.29 is 4.79 Å². The van der Waals surface area contributed by atoms with Crippen LogP contribution in [0.15, 0.2) is 30.3 Å². The van der Waals surface area contributed by atoms with Gasteiger partial charge in [-0.1, -0.05) is 30.3 Å². The molecule has 1 heterocycles. The molecule has 3 atom stereocenters. The molecule has 2 aliphatic rings. The number of carbonyl (C=O) groups is 1. The van der Waals surface area contributed by atoms with Crippen molar-refractivity contribution in [1.29, 1.82) is 0 Å². The van der Waals surface area contributed by atoms with Gasteiger partial charge in [-0.25, -0.2) is 0 Å². The molecule has 3 N–H and O–H groups in total. The quantitative estimate of drug-likeness (QED) is 0.872. The van der Waals surface area contributed by atoms with Gasteiger partial charge in [0.1, 0.15) is 5.69 Å². The minimum Gasteiger partial charge on any atom is -0.364 e. The van der Waals surface area contributed by atoms with E-state index in [9.17, 15) is 4.79 Å². The van der Waals surface area contributed by atoms with Crippen LogP contribution in [-0.4, -0.2) is 16.1 Å². The number of H-pyrrole nitrogens is 1. The highest BCUT2D eigenvalue weighted by Crippen LogP contribution is 2.62. The van der Waals surface area contributed by atoms with Gasteiger partial charge in [-0.2, -0.15) is 5.10 Å². The first kappa shape index (κ1) is 10.8. The zero-order chi connectivity index (χ0) is 13.0. The summed E-state index contributed by atoms with van der Waals surface area (Å²) in [5.74, 6) is 1.47. The van der Waals surface area contributed by atoms with E-state index in [1.165, 1.54) is 5.56 Å². The van der Waals surface area contributed by atoms with Crippen LogP contribution in [0.25, 0.3) is 0 Å². The molecule has 1 amide bonds. The lowest BCUT2D eigenvalue weighted by Crippen LogP contribution is -2.14.